The second-order valence-electron chi connectivity index (χ2n) is 16.4. The van der Waals surface area contributed by atoms with Crippen LogP contribution in [0.2, 0.25) is 0 Å². The number of hydrogen-bond acceptors (Lipinski definition) is 6. The van der Waals surface area contributed by atoms with E-state index >= 15 is 0 Å². The van der Waals surface area contributed by atoms with E-state index in [1.54, 1.807) is 0 Å². The summed E-state index contributed by atoms with van der Waals surface area (Å²) in [5.74, 6) is -0.885. The molecule has 0 heterocycles. The van der Waals surface area contributed by atoms with E-state index in [1.165, 1.54) is 141 Å². The molecule has 328 valence electrons. The van der Waals surface area contributed by atoms with Crippen LogP contribution in [-0.4, -0.2) is 37.2 Å². The predicted octanol–water partition coefficient (Wildman–Crippen LogP) is 15.6. The monoisotopic (exact) mass is 789 g/mol. The summed E-state index contributed by atoms with van der Waals surface area (Å²) in [7, 11) is 0. The molecule has 0 saturated carbocycles. The Hall–Kier alpha value is -2.11. The minimum atomic E-state index is -0.771. The third-order valence-electron chi connectivity index (χ3n) is 10.7. The van der Waals surface area contributed by atoms with Gasteiger partial charge >= 0.3 is 17.9 Å². The molecular formula is C50H92O6. The van der Waals surface area contributed by atoms with Gasteiger partial charge in [-0.2, -0.15) is 0 Å². The molecule has 56 heavy (non-hydrogen) atoms. The van der Waals surface area contributed by atoms with Crippen LogP contribution < -0.4 is 0 Å². The average molecular weight is 789 g/mol. The van der Waals surface area contributed by atoms with Gasteiger partial charge in [-0.25, -0.2) is 0 Å². The summed E-state index contributed by atoms with van der Waals surface area (Å²) in [5, 5.41) is 0. The molecule has 0 spiro atoms. The van der Waals surface area contributed by atoms with Crippen molar-refractivity contribution in [1.82, 2.24) is 0 Å². The van der Waals surface area contributed by atoms with Crippen LogP contribution in [0.25, 0.3) is 0 Å². The van der Waals surface area contributed by atoms with Crippen LogP contribution in [0.5, 0.6) is 0 Å². The molecule has 0 saturated heterocycles. The Kier molecular flexibility index (Phi) is 43.9. The van der Waals surface area contributed by atoms with E-state index in [4.69, 9.17) is 14.2 Å². The highest BCUT2D eigenvalue weighted by Crippen LogP contribution is 2.15. The minimum Gasteiger partial charge on any atom is -0.462 e. The summed E-state index contributed by atoms with van der Waals surface area (Å²) >= 11 is 0. The van der Waals surface area contributed by atoms with Crippen molar-refractivity contribution in [2.45, 2.75) is 264 Å². The molecule has 0 aromatic rings. The molecule has 0 aliphatic carbocycles. The molecule has 0 aliphatic heterocycles. The molecule has 0 aromatic carbocycles. The van der Waals surface area contributed by atoms with Crippen molar-refractivity contribution in [2.75, 3.05) is 13.2 Å². The quantitative estimate of drug-likeness (QED) is 0.0265. The van der Waals surface area contributed by atoms with Gasteiger partial charge in [0.25, 0.3) is 0 Å². The lowest BCUT2D eigenvalue weighted by molar-refractivity contribution is -0.167. The first-order valence-corrected chi connectivity index (χ1v) is 24.3. The molecule has 0 bridgehead atoms. The summed E-state index contributed by atoms with van der Waals surface area (Å²) in [6.45, 7) is 6.57. The van der Waals surface area contributed by atoms with Crippen LogP contribution in [0, 0.1) is 0 Å². The van der Waals surface area contributed by atoms with Gasteiger partial charge in [-0.1, -0.05) is 199 Å². The highest BCUT2D eigenvalue weighted by molar-refractivity contribution is 5.71. The van der Waals surface area contributed by atoms with E-state index in [9.17, 15) is 14.4 Å². The Labute approximate surface area is 347 Å². The van der Waals surface area contributed by atoms with Crippen molar-refractivity contribution in [1.29, 1.82) is 0 Å². The first-order chi connectivity index (χ1) is 27.5. The highest BCUT2D eigenvalue weighted by atomic mass is 16.6. The van der Waals surface area contributed by atoms with Gasteiger partial charge < -0.3 is 14.2 Å². The number of ether oxygens (including phenoxy) is 3. The average Bonchev–Trinajstić information content (AvgIpc) is 3.19. The number of carbonyl (C=O) groups excluding carboxylic acids is 3. The van der Waals surface area contributed by atoms with Crippen LogP contribution in [-0.2, 0) is 28.6 Å². The van der Waals surface area contributed by atoms with E-state index in [1.807, 2.05) is 0 Å². The Balaban J connectivity index is 4.35. The van der Waals surface area contributed by atoms with E-state index in [0.717, 1.165) is 77.0 Å². The first-order valence-electron chi connectivity index (χ1n) is 24.3. The zero-order valence-corrected chi connectivity index (χ0v) is 37.4. The van der Waals surface area contributed by atoms with Crippen molar-refractivity contribution in [3.63, 3.8) is 0 Å². The fourth-order valence-corrected chi connectivity index (χ4v) is 6.97. The predicted molar refractivity (Wildman–Crippen MR) is 238 cm³/mol. The Bertz CT molecular complexity index is 911. The van der Waals surface area contributed by atoms with Gasteiger partial charge in [-0.15, -0.1) is 0 Å². The molecule has 0 amide bonds. The number of hydrogen-bond donors (Lipinski definition) is 0. The van der Waals surface area contributed by atoms with E-state index in [-0.39, 0.29) is 31.1 Å². The molecule has 0 aromatic heterocycles. The third kappa shape index (κ3) is 43.0. The van der Waals surface area contributed by atoms with E-state index in [2.05, 4.69) is 45.1 Å². The highest BCUT2D eigenvalue weighted by Gasteiger charge is 2.19. The van der Waals surface area contributed by atoms with Gasteiger partial charge in [-0.3, -0.25) is 14.4 Å². The van der Waals surface area contributed by atoms with Crippen LogP contribution in [0.3, 0.4) is 0 Å². The lowest BCUT2D eigenvalue weighted by atomic mass is 10.0. The fraction of sp³-hybridized carbons (Fsp3) is 0.860. The molecule has 1 atom stereocenters. The normalized spacial score (nSPS) is 12.1. The lowest BCUT2D eigenvalue weighted by Crippen LogP contribution is -2.30. The third-order valence-corrected chi connectivity index (χ3v) is 10.7. The van der Waals surface area contributed by atoms with Gasteiger partial charge in [0.15, 0.2) is 6.10 Å². The summed E-state index contributed by atoms with van der Waals surface area (Å²) in [6, 6.07) is 0. The molecule has 0 radical (unpaired) electrons. The topological polar surface area (TPSA) is 78.9 Å². The molecule has 6 nitrogen and oxygen atoms in total. The maximum absolute atomic E-state index is 12.7. The lowest BCUT2D eigenvalue weighted by Gasteiger charge is -2.18. The second kappa shape index (κ2) is 45.6. The largest absolute Gasteiger partial charge is 0.462 e. The van der Waals surface area contributed by atoms with Crippen LogP contribution in [0.1, 0.15) is 258 Å². The number of rotatable bonds is 44. The molecule has 1 unspecified atom stereocenters. The summed E-state index contributed by atoms with van der Waals surface area (Å²) in [5.41, 5.74) is 0. The van der Waals surface area contributed by atoms with Crippen molar-refractivity contribution in [3.05, 3.63) is 24.3 Å². The maximum Gasteiger partial charge on any atom is 0.306 e. The SMILES string of the molecule is CCC/C=C\CCCCCCCC(=O)OCC(COC(=O)CCCCCCC/C=C\CCCCCCC)OC(=O)CCCCCCCCCCCCCCCC. The Morgan fingerprint density at radius 3 is 0.964 bits per heavy atom. The van der Waals surface area contributed by atoms with Gasteiger partial charge in [0.2, 0.25) is 0 Å². The van der Waals surface area contributed by atoms with E-state index < -0.39 is 6.10 Å². The van der Waals surface area contributed by atoms with E-state index in [0.29, 0.717) is 19.3 Å². The second-order valence-corrected chi connectivity index (χ2v) is 16.4. The Morgan fingerprint density at radius 2 is 0.625 bits per heavy atom. The van der Waals surface area contributed by atoms with Crippen molar-refractivity contribution >= 4 is 17.9 Å². The molecule has 6 heteroatoms. The number of allylic oxidation sites excluding steroid dienone is 4. The molecule has 0 N–H and O–H groups in total. The Morgan fingerprint density at radius 1 is 0.339 bits per heavy atom. The van der Waals surface area contributed by atoms with Gasteiger partial charge in [-0.05, 0) is 64.2 Å². The van der Waals surface area contributed by atoms with Crippen molar-refractivity contribution in [2.24, 2.45) is 0 Å². The van der Waals surface area contributed by atoms with Gasteiger partial charge in [0.1, 0.15) is 13.2 Å². The standard InChI is InChI=1S/C50H92O6/c1-4-7-10-13-16-19-22-24-26-28-31-34-37-40-43-49(52)55-46-47(45-54-48(51)42-39-36-33-30-21-18-15-12-9-6-3)56-50(53)44-41-38-35-32-29-27-25-23-20-17-14-11-8-5-2/h12,15,22,24,47H,4-11,13-14,16-21,23,25-46H2,1-3H3/b15-12-,24-22-. The van der Waals surface area contributed by atoms with Crippen LogP contribution in [0.4, 0.5) is 0 Å². The molecule has 0 fully saturated rings. The summed E-state index contributed by atoms with van der Waals surface area (Å²) < 4.78 is 16.7. The summed E-state index contributed by atoms with van der Waals surface area (Å²) in [6.07, 6.45) is 50.1. The number of carbonyl (C=O) groups is 3. The summed E-state index contributed by atoms with van der Waals surface area (Å²) in [4.78, 5) is 37.8. The zero-order valence-electron chi connectivity index (χ0n) is 37.4. The zero-order chi connectivity index (χ0) is 40.8. The van der Waals surface area contributed by atoms with Crippen molar-refractivity contribution < 1.29 is 28.6 Å². The van der Waals surface area contributed by atoms with Crippen LogP contribution in [0.15, 0.2) is 24.3 Å². The fourth-order valence-electron chi connectivity index (χ4n) is 6.97. The molecule has 0 aliphatic rings. The minimum absolute atomic E-state index is 0.0752. The maximum atomic E-state index is 12.7. The first kappa shape index (κ1) is 53.9. The number of unbranched alkanes of at least 4 members (excludes halogenated alkanes) is 29. The molecule has 0 rings (SSSR count). The smallest absolute Gasteiger partial charge is 0.306 e. The molecular weight excluding hydrogens is 697 g/mol. The number of esters is 3. The van der Waals surface area contributed by atoms with Crippen LogP contribution >= 0.6 is 0 Å². The van der Waals surface area contributed by atoms with Gasteiger partial charge in [0.05, 0.1) is 0 Å². The van der Waals surface area contributed by atoms with Crippen molar-refractivity contribution in [3.8, 4) is 0 Å². The van der Waals surface area contributed by atoms with Gasteiger partial charge in [0, 0.05) is 19.3 Å².